The molecule has 0 bridgehead atoms. The van der Waals surface area contributed by atoms with Crippen molar-refractivity contribution in [2.24, 2.45) is 0 Å². The van der Waals surface area contributed by atoms with Gasteiger partial charge in [0, 0.05) is 48.2 Å². The highest BCUT2D eigenvalue weighted by molar-refractivity contribution is 5.69. The molecule has 0 unspecified atom stereocenters. The van der Waals surface area contributed by atoms with Crippen molar-refractivity contribution in [3.8, 4) is 23.0 Å². The number of benzene rings is 4. The number of ether oxygens (including phenoxy) is 4. The van der Waals surface area contributed by atoms with E-state index in [1.54, 1.807) is 62.8 Å². The maximum absolute atomic E-state index is 12.9. The molecule has 0 fully saturated rings. The van der Waals surface area contributed by atoms with Gasteiger partial charge in [0.15, 0.2) is 0 Å². The molecular formula is C29H24N2O9. The van der Waals surface area contributed by atoms with Crippen LogP contribution in [0.1, 0.15) is 22.3 Å². The summed E-state index contributed by atoms with van der Waals surface area (Å²) in [5.74, 6) is 1.45. The molecule has 0 N–H and O–H groups in total. The van der Waals surface area contributed by atoms with Crippen molar-refractivity contribution in [2.45, 2.75) is 12.8 Å². The first-order valence-electron chi connectivity index (χ1n) is 12.0. The van der Waals surface area contributed by atoms with E-state index in [2.05, 4.69) is 0 Å². The predicted molar refractivity (Wildman–Crippen MR) is 144 cm³/mol. The van der Waals surface area contributed by atoms with Crippen molar-refractivity contribution in [1.29, 1.82) is 0 Å². The summed E-state index contributed by atoms with van der Waals surface area (Å²) < 4.78 is 21.2. The van der Waals surface area contributed by atoms with E-state index < -0.39 is 16.0 Å². The van der Waals surface area contributed by atoms with Gasteiger partial charge in [-0.2, -0.15) is 0 Å². The van der Waals surface area contributed by atoms with Gasteiger partial charge in [-0.1, -0.05) is 24.3 Å². The SMILES string of the molecule is COc1ccc(Cc2cc([N+](=O)[O-])ccc2OC(=O)Oc2ccc([N+](=O)[O-])cc2Cc2ccc(OC)cc2)cc1. The largest absolute Gasteiger partial charge is 0.519 e. The molecule has 0 spiro atoms. The third kappa shape index (κ3) is 6.90. The smallest absolute Gasteiger partial charge is 0.497 e. The third-order valence-corrected chi connectivity index (χ3v) is 6.00. The molecule has 0 saturated heterocycles. The topological polar surface area (TPSA) is 140 Å². The quantitative estimate of drug-likeness (QED) is 0.0976. The van der Waals surface area contributed by atoms with Gasteiger partial charge in [0.25, 0.3) is 11.4 Å². The number of nitrogens with zero attached hydrogens (tertiary/aromatic N) is 2. The first-order valence-corrected chi connectivity index (χ1v) is 12.0. The van der Waals surface area contributed by atoms with Gasteiger partial charge in [-0.3, -0.25) is 20.2 Å². The molecule has 0 aliphatic heterocycles. The number of nitro groups is 2. The molecule has 4 rings (SSSR count). The number of hydrogen-bond acceptors (Lipinski definition) is 9. The van der Waals surface area contributed by atoms with Crippen LogP contribution in [-0.2, 0) is 12.8 Å². The van der Waals surface area contributed by atoms with E-state index in [4.69, 9.17) is 18.9 Å². The van der Waals surface area contributed by atoms with Gasteiger partial charge in [0.1, 0.15) is 23.0 Å². The Kier molecular flexibility index (Phi) is 8.55. The minimum absolute atomic E-state index is 0.0741. The zero-order valence-corrected chi connectivity index (χ0v) is 21.6. The lowest BCUT2D eigenvalue weighted by Gasteiger charge is -2.13. The standard InChI is InChI=1S/C29H24N2O9/c1-37-25-9-3-19(4-10-25)15-21-17-23(30(33)34)7-13-27(21)39-29(32)40-28-14-8-24(31(35)36)18-22(28)16-20-5-11-26(38-2)12-6-20/h3-14,17-18H,15-16H2,1-2H3. The molecule has 0 aromatic heterocycles. The van der Waals surface area contributed by atoms with Gasteiger partial charge in [0.2, 0.25) is 0 Å². The molecule has 0 atom stereocenters. The summed E-state index contributed by atoms with van der Waals surface area (Å²) in [6.45, 7) is 0. The zero-order chi connectivity index (χ0) is 28.6. The summed E-state index contributed by atoms with van der Waals surface area (Å²) in [6.07, 6.45) is -0.641. The number of methoxy groups -OCH3 is 2. The third-order valence-electron chi connectivity index (χ3n) is 6.00. The second-order valence-electron chi connectivity index (χ2n) is 8.60. The van der Waals surface area contributed by atoms with Gasteiger partial charge in [-0.15, -0.1) is 0 Å². The van der Waals surface area contributed by atoms with Crippen LogP contribution in [0.2, 0.25) is 0 Å². The second-order valence-corrected chi connectivity index (χ2v) is 8.60. The molecule has 204 valence electrons. The van der Waals surface area contributed by atoms with Crippen LogP contribution in [0.3, 0.4) is 0 Å². The summed E-state index contributed by atoms with van der Waals surface area (Å²) >= 11 is 0. The second kappa shape index (κ2) is 12.4. The van der Waals surface area contributed by atoms with Crippen molar-refractivity contribution >= 4 is 17.5 Å². The summed E-state index contributed by atoms with van der Waals surface area (Å²) in [5, 5.41) is 22.7. The van der Waals surface area contributed by atoms with Gasteiger partial charge < -0.3 is 18.9 Å². The first-order chi connectivity index (χ1) is 19.2. The molecule has 0 radical (unpaired) electrons. The fourth-order valence-electron chi connectivity index (χ4n) is 3.96. The highest BCUT2D eigenvalue weighted by atomic mass is 16.7. The van der Waals surface area contributed by atoms with Crippen molar-refractivity contribution in [1.82, 2.24) is 0 Å². The lowest BCUT2D eigenvalue weighted by Crippen LogP contribution is -2.16. The minimum Gasteiger partial charge on any atom is -0.497 e. The zero-order valence-electron chi connectivity index (χ0n) is 21.6. The van der Waals surface area contributed by atoms with Gasteiger partial charge >= 0.3 is 6.16 Å². The van der Waals surface area contributed by atoms with E-state index in [0.29, 0.717) is 22.6 Å². The average molecular weight is 545 g/mol. The molecule has 0 aliphatic carbocycles. The first kappa shape index (κ1) is 27.6. The van der Waals surface area contributed by atoms with Crippen molar-refractivity contribution in [3.63, 3.8) is 0 Å². The molecule has 0 saturated carbocycles. The molecule has 4 aromatic rings. The Morgan fingerprint density at radius 1 is 0.625 bits per heavy atom. The molecule has 11 heteroatoms. The fourth-order valence-corrected chi connectivity index (χ4v) is 3.96. The Morgan fingerprint density at radius 2 is 1.00 bits per heavy atom. The minimum atomic E-state index is -1.10. The lowest BCUT2D eigenvalue weighted by molar-refractivity contribution is -0.385. The fraction of sp³-hybridized carbons (Fsp3) is 0.138. The van der Waals surface area contributed by atoms with Crippen LogP contribution in [0.4, 0.5) is 16.2 Å². The maximum Gasteiger partial charge on any atom is 0.519 e. The number of non-ortho nitro benzene ring substituents is 2. The van der Waals surface area contributed by atoms with Crippen molar-refractivity contribution in [2.75, 3.05) is 14.2 Å². The van der Waals surface area contributed by atoms with E-state index in [0.717, 1.165) is 11.1 Å². The highest BCUT2D eigenvalue weighted by Gasteiger charge is 2.19. The molecule has 0 heterocycles. The summed E-state index contributed by atoms with van der Waals surface area (Å²) in [6, 6.07) is 21.9. The average Bonchev–Trinajstić information content (AvgIpc) is 2.95. The van der Waals surface area contributed by atoms with Crippen LogP contribution in [0, 0.1) is 20.2 Å². The summed E-state index contributed by atoms with van der Waals surface area (Å²) in [7, 11) is 3.08. The summed E-state index contributed by atoms with van der Waals surface area (Å²) in [5.41, 5.74) is 2.05. The van der Waals surface area contributed by atoms with E-state index in [-0.39, 0.29) is 35.7 Å². The molecule has 0 aliphatic rings. The predicted octanol–water partition coefficient (Wildman–Crippen LogP) is 6.28. The molecule has 4 aromatic carbocycles. The van der Waals surface area contributed by atoms with E-state index in [1.165, 1.54) is 36.4 Å². The molecule has 40 heavy (non-hydrogen) atoms. The molecular weight excluding hydrogens is 520 g/mol. The van der Waals surface area contributed by atoms with Crippen LogP contribution < -0.4 is 18.9 Å². The molecule has 11 nitrogen and oxygen atoms in total. The van der Waals surface area contributed by atoms with Crippen LogP contribution in [0.5, 0.6) is 23.0 Å². The van der Waals surface area contributed by atoms with Gasteiger partial charge in [0.05, 0.1) is 24.1 Å². The van der Waals surface area contributed by atoms with Crippen molar-refractivity contribution < 1.29 is 33.6 Å². The summed E-state index contributed by atoms with van der Waals surface area (Å²) in [4.78, 5) is 34.5. The van der Waals surface area contributed by atoms with Crippen LogP contribution in [0.15, 0.2) is 84.9 Å². The normalized spacial score (nSPS) is 10.4. The van der Waals surface area contributed by atoms with E-state index in [9.17, 15) is 25.0 Å². The van der Waals surface area contributed by atoms with Crippen molar-refractivity contribution in [3.05, 3.63) is 127 Å². The Balaban J connectivity index is 1.58. The maximum atomic E-state index is 12.9. The van der Waals surface area contributed by atoms with Gasteiger partial charge in [-0.25, -0.2) is 4.79 Å². The Morgan fingerprint density at radius 3 is 1.32 bits per heavy atom. The van der Waals surface area contributed by atoms with E-state index >= 15 is 0 Å². The van der Waals surface area contributed by atoms with Gasteiger partial charge in [-0.05, 0) is 47.5 Å². The number of hydrogen-bond donors (Lipinski definition) is 0. The number of rotatable bonds is 10. The van der Waals surface area contributed by atoms with Crippen LogP contribution >= 0.6 is 0 Å². The number of carbonyl (C=O) groups excluding carboxylic acids is 1. The highest BCUT2D eigenvalue weighted by Crippen LogP contribution is 2.30. The Bertz CT molecular complexity index is 1420. The monoisotopic (exact) mass is 544 g/mol. The van der Waals surface area contributed by atoms with Crippen LogP contribution in [-0.4, -0.2) is 30.2 Å². The molecule has 0 amide bonds. The lowest BCUT2D eigenvalue weighted by atomic mass is 10.0. The van der Waals surface area contributed by atoms with E-state index in [1.807, 2.05) is 0 Å². The van der Waals surface area contributed by atoms with Crippen LogP contribution in [0.25, 0.3) is 0 Å². The number of nitro benzene ring substituents is 2. The Labute approximate surface area is 228 Å². The number of carbonyl (C=O) groups is 1. The Hall–Kier alpha value is -5.45.